The lowest BCUT2D eigenvalue weighted by atomic mass is 9.92. The Bertz CT molecular complexity index is 3810. The Morgan fingerprint density at radius 1 is 0.515 bits per heavy atom. The number of hydrogen-bond donors (Lipinski definition) is 7. The lowest BCUT2D eigenvalue weighted by Crippen LogP contribution is -2.41. The number of aliphatic carboxylic acids is 1. The minimum Gasteiger partial charge on any atom is -0.481 e. The summed E-state index contributed by atoms with van der Waals surface area (Å²) in [5.41, 5.74) is 15.4. The number of nitrogens with two attached hydrogens (primary N) is 3. The predicted molar refractivity (Wildman–Crippen MR) is 345 cm³/mol. The van der Waals surface area contributed by atoms with Crippen molar-refractivity contribution in [3.8, 4) is 18.2 Å². The van der Waals surface area contributed by atoms with Crippen LogP contribution in [0.2, 0.25) is 0 Å². The quantitative estimate of drug-likeness (QED) is 0.0370. The second-order valence-electron chi connectivity index (χ2n) is 25.6. The van der Waals surface area contributed by atoms with Gasteiger partial charge in [-0.2, -0.15) is 31.1 Å². The Morgan fingerprint density at radius 3 is 1.20 bits per heavy atom. The molecule has 6 aromatic heterocycles. The number of carboxylic acids is 1. The highest BCUT2D eigenvalue weighted by atomic mass is 16.8. The van der Waals surface area contributed by atoms with E-state index in [-0.39, 0.29) is 66.8 Å². The van der Waals surface area contributed by atoms with E-state index in [1.807, 2.05) is 47.6 Å². The minimum absolute atomic E-state index is 0.0345. The molecular formula is C66H91N15O16. The second-order valence-corrected chi connectivity index (χ2v) is 25.6. The largest absolute Gasteiger partial charge is 0.481 e. The highest BCUT2D eigenvalue weighted by molar-refractivity contribution is 5.73. The van der Waals surface area contributed by atoms with Crippen LogP contribution in [0, 0.1) is 51.7 Å². The molecule has 0 unspecified atom stereocenters. The van der Waals surface area contributed by atoms with Crippen LogP contribution in [0.15, 0.2) is 55.4 Å². The standard InChI is InChI=1S/C23H31N5O5.C20H27N5O5.C15H17N5O4.C8H16O2/c1-5-7-14(8-6-2)21(29)30-11-16-18-19(33-22(3,4)32-18)23(12-24,31-16)17-10-9-15-20(25)26-13-27-28(15)17;1-3-5-12(6-4-2)19(28)29-9-14-16(26)17(27)20(10-21,30-14)15-8-7-13-18(22)23-11-24-25(13)15;1-14(2)23-11-9(5-21)22-15(6-16,12(11)24-14)10-4-3-8-13(17)18-7-19-20(8)10;1-3-5-7(6-4-2)8(9)10/h9-10,13-14,16,18-19H,5-8,11H2,1-4H3,(H2,25,26,27);7-8,11-12,14,16-17,26-27H,3-6,9H2,1-2H3,(H2,22,23,24);3-4,7,9,11-12,21H,5H2,1-2H3,(H2,17,18,19);7H,3-6H2,1-2H3,(H,9,10)/t16-,18-,19-,23+;14-,16-,17-,20+;9-,11-,12-,15+;/m111./s1. The van der Waals surface area contributed by atoms with Crippen molar-refractivity contribution in [1.82, 2.24) is 43.8 Å². The molecule has 5 fully saturated rings. The van der Waals surface area contributed by atoms with Gasteiger partial charge in [0.2, 0.25) is 16.8 Å². The Kier molecular flexibility index (Phi) is 24.2. The molecule has 10 N–H and O–H groups in total. The summed E-state index contributed by atoms with van der Waals surface area (Å²) in [5, 5.41) is 82.2. The van der Waals surface area contributed by atoms with Crippen molar-refractivity contribution in [1.29, 1.82) is 15.8 Å². The summed E-state index contributed by atoms with van der Waals surface area (Å²) < 4.78 is 57.5. The van der Waals surface area contributed by atoms with Crippen LogP contribution < -0.4 is 17.2 Å². The molecule has 5 aliphatic heterocycles. The number of aliphatic hydroxyl groups is 3. The van der Waals surface area contributed by atoms with Gasteiger partial charge in [0.1, 0.15) is 122 Å². The zero-order chi connectivity index (χ0) is 70.8. The molecule has 0 amide bonds. The van der Waals surface area contributed by atoms with Gasteiger partial charge >= 0.3 is 17.9 Å². The number of carbonyl (C=O) groups excluding carboxylic acids is 2. The number of anilines is 3. The molecule has 0 bridgehead atoms. The van der Waals surface area contributed by atoms with Crippen LogP contribution in [-0.4, -0.2) is 168 Å². The molecule has 0 aromatic carbocycles. The van der Waals surface area contributed by atoms with E-state index in [1.54, 1.807) is 58.0 Å². The van der Waals surface area contributed by atoms with Crippen molar-refractivity contribution in [2.45, 2.75) is 230 Å². The van der Waals surface area contributed by atoms with Gasteiger partial charge in [-0.3, -0.25) is 14.4 Å². The lowest BCUT2D eigenvalue weighted by molar-refractivity contribution is -0.207. The summed E-state index contributed by atoms with van der Waals surface area (Å²) in [6.45, 7) is 18.6. The lowest BCUT2D eigenvalue weighted by Gasteiger charge is -2.29. The number of aliphatic hydroxyl groups excluding tert-OH is 3. The fourth-order valence-corrected chi connectivity index (χ4v) is 13.3. The van der Waals surface area contributed by atoms with Gasteiger partial charge < -0.3 is 80.3 Å². The van der Waals surface area contributed by atoms with Crippen LogP contribution in [0.25, 0.3) is 16.6 Å². The van der Waals surface area contributed by atoms with Gasteiger partial charge in [0.05, 0.1) is 41.4 Å². The van der Waals surface area contributed by atoms with Crippen molar-refractivity contribution < 1.29 is 77.4 Å². The first kappa shape index (κ1) is 74.5. The number of carboxylic acid groups (broad SMARTS) is 1. The van der Waals surface area contributed by atoms with E-state index in [4.69, 9.17) is 64.9 Å². The summed E-state index contributed by atoms with van der Waals surface area (Å²) in [6.07, 6.45) is 5.84. The molecule has 12 atom stereocenters. The number of ether oxygens (including phenoxy) is 9. The fraction of sp³-hybridized carbons (Fsp3) is 0.636. The summed E-state index contributed by atoms with van der Waals surface area (Å²) in [5.74, 6) is -2.77. The number of nitrogens with zero attached hydrogens (tertiary/aromatic N) is 12. The van der Waals surface area contributed by atoms with E-state index in [2.05, 4.69) is 42.4 Å². The molecule has 0 aliphatic carbocycles. The zero-order valence-corrected chi connectivity index (χ0v) is 56.5. The molecule has 0 saturated carbocycles. The third-order valence-corrected chi connectivity index (χ3v) is 17.8. The Hall–Kier alpha value is -8.26. The first-order valence-electron chi connectivity index (χ1n) is 33.1. The summed E-state index contributed by atoms with van der Waals surface area (Å²) in [6, 6.07) is 16.5. The molecule has 0 spiro atoms. The first-order valence-corrected chi connectivity index (χ1v) is 33.1. The molecule has 11 rings (SSSR count). The average Bonchev–Trinajstić information content (AvgIpc) is 1.57. The van der Waals surface area contributed by atoms with Crippen LogP contribution in [0.1, 0.15) is 163 Å². The monoisotopic (exact) mass is 1350 g/mol. The van der Waals surface area contributed by atoms with Gasteiger partial charge in [0.25, 0.3) is 0 Å². The van der Waals surface area contributed by atoms with E-state index in [0.717, 1.165) is 64.2 Å². The molecule has 5 saturated heterocycles. The number of hydrogen-bond acceptors (Lipinski definition) is 27. The molecule has 526 valence electrons. The van der Waals surface area contributed by atoms with E-state index in [0.29, 0.717) is 46.6 Å². The number of nitriles is 3. The van der Waals surface area contributed by atoms with Crippen LogP contribution in [-0.2, 0) is 73.8 Å². The number of carbonyl (C=O) groups is 3. The van der Waals surface area contributed by atoms with Crippen LogP contribution in [0.4, 0.5) is 17.5 Å². The first-order chi connectivity index (χ1) is 46.3. The van der Waals surface area contributed by atoms with E-state index < -0.39 is 89.3 Å². The summed E-state index contributed by atoms with van der Waals surface area (Å²) in [7, 11) is 0. The molecular weight excluding hydrogens is 1260 g/mol. The van der Waals surface area contributed by atoms with Crippen molar-refractivity contribution >= 4 is 51.9 Å². The second kappa shape index (κ2) is 31.5. The fourth-order valence-electron chi connectivity index (χ4n) is 13.3. The van der Waals surface area contributed by atoms with Crippen LogP contribution in [0.3, 0.4) is 0 Å². The maximum atomic E-state index is 12.7. The van der Waals surface area contributed by atoms with Gasteiger partial charge in [0.15, 0.2) is 29.0 Å². The highest BCUT2D eigenvalue weighted by Gasteiger charge is 2.67. The Balaban J connectivity index is 0.000000175. The third-order valence-electron chi connectivity index (χ3n) is 17.8. The predicted octanol–water partition coefficient (Wildman–Crippen LogP) is 5.85. The number of nitrogen functional groups attached to an aromatic ring is 3. The molecule has 0 radical (unpaired) electrons. The van der Waals surface area contributed by atoms with Crippen molar-refractivity contribution in [3.05, 3.63) is 72.5 Å². The van der Waals surface area contributed by atoms with E-state index >= 15 is 0 Å². The number of rotatable bonds is 23. The molecule has 31 nitrogen and oxygen atoms in total. The van der Waals surface area contributed by atoms with E-state index in [9.17, 15) is 45.5 Å². The minimum atomic E-state index is -1.91. The van der Waals surface area contributed by atoms with Gasteiger partial charge in [0, 0.05) is 0 Å². The highest BCUT2D eigenvalue weighted by Crippen LogP contribution is 2.51. The van der Waals surface area contributed by atoms with Crippen LogP contribution >= 0.6 is 0 Å². The van der Waals surface area contributed by atoms with Gasteiger partial charge in [-0.05, 0) is 103 Å². The zero-order valence-electron chi connectivity index (χ0n) is 56.5. The maximum Gasteiger partial charge on any atom is 0.309 e. The van der Waals surface area contributed by atoms with E-state index in [1.165, 1.54) is 38.6 Å². The molecule has 31 heteroatoms. The topological polar surface area (TPSA) is 455 Å². The van der Waals surface area contributed by atoms with Crippen molar-refractivity contribution in [3.63, 3.8) is 0 Å². The van der Waals surface area contributed by atoms with Crippen molar-refractivity contribution in [2.75, 3.05) is 37.0 Å². The van der Waals surface area contributed by atoms with Gasteiger partial charge in [-0.25, -0.2) is 28.5 Å². The maximum absolute atomic E-state index is 12.7. The number of esters is 2. The Labute approximate surface area is 562 Å². The molecule has 11 heterocycles. The summed E-state index contributed by atoms with van der Waals surface area (Å²) >= 11 is 0. The normalized spacial score (nSPS) is 27.2. The van der Waals surface area contributed by atoms with Crippen LogP contribution in [0.5, 0.6) is 0 Å². The molecule has 6 aromatic rings. The smallest absolute Gasteiger partial charge is 0.309 e. The average molecular weight is 1350 g/mol. The molecule has 5 aliphatic rings. The SMILES string of the molecule is CC1(C)O[C@H]2[C@@H](O1)[C@](C#N)(c1ccc3c(N)ncnn13)O[C@@H]2CO.CCCC(CCC)C(=O)O.CCCC(CCC)C(=O)OC[C@H]1O[C@@](C#N)(c2ccc3c(N)ncnn23)[C@@H]2OC(C)(C)O[C@@H]21.CCCC(CCC)C(=O)OC[C@H]1O[C@@](C#N)(c2ccc3c(N)ncnn23)[C@H](O)[C@@H]1O. The van der Waals surface area contributed by atoms with Gasteiger partial charge in [-0.1, -0.05) is 80.1 Å². The molecule has 97 heavy (non-hydrogen) atoms. The third kappa shape index (κ3) is 15.1. The van der Waals surface area contributed by atoms with Gasteiger partial charge in [-0.15, -0.1) is 0 Å². The summed E-state index contributed by atoms with van der Waals surface area (Å²) in [4.78, 5) is 47.5. The number of aromatic nitrogens is 9. The number of fused-ring (bicyclic) bond motifs is 5. The Morgan fingerprint density at radius 2 is 0.845 bits per heavy atom. The van der Waals surface area contributed by atoms with Crippen molar-refractivity contribution in [2.24, 2.45) is 17.8 Å².